The maximum absolute atomic E-state index is 12.2. The molecule has 0 radical (unpaired) electrons. The van der Waals surface area contributed by atoms with E-state index in [2.05, 4.69) is 22.1 Å². The van der Waals surface area contributed by atoms with Crippen LogP contribution in [0.15, 0.2) is 17.0 Å². The van der Waals surface area contributed by atoms with Crippen LogP contribution < -0.4 is 4.74 Å². The van der Waals surface area contributed by atoms with E-state index in [0.717, 1.165) is 19.2 Å². The number of esters is 1. The molecule has 1 aromatic carbocycles. The van der Waals surface area contributed by atoms with Crippen molar-refractivity contribution in [1.29, 1.82) is 5.26 Å². The second-order valence-electron chi connectivity index (χ2n) is 2.99. The molecule has 0 aliphatic carbocycles. The highest BCUT2D eigenvalue weighted by Crippen LogP contribution is 2.34. The number of rotatable bonds is 2. The Morgan fingerprint density at radius 3 is 2.50 bits per heavy atom. The van der Waals surface area contributed by atoms with Gasteiger partial charge in [-0.1, -0.05) is 0 Å². The van der Waals surface area contributed by atoms with Crippen molar-refractivity contribution in [2.45, 2.75) is 11.3 Å². The lowest BCUT2D eigenvalue weighted by molar-refractivity contribution is -0.275. The lowest BCUT2D eigenvalue weighted by atomic mass is 10.1. The number of alkyl halides is 3. The first-order valence-electron chi connectivity index (χ1n) is 4.40. The number of ether oxygens (including phenoxy) is 2. The Labute approximate surface area is 105 Å². The average Bonchev–Trinajstić information content (AvgIpc) is 2.29. The van der Waals surface area contributed by atoms with Crippen molar-refractivity contribution in [2.75, 3.05) is 7.11 Å². The van der Waals surface area contributed by atoms with E-state index in [1.165, 1.54) is 6.07 Å². The number of hydrogen-bond donors (Lipinski definition) is 1. The number of thiol groups is 1. The van der Waals surface area contributed by atoms with Gasteiger partial charge in [0.1, 0.15) is 11.6 Å². The Balaban J connectivity index is 3.41. The highest BCUT2D eigenvalue weighted by molar-refractivity contribution is 7.80. The van der Waals surface area contributed by atoms with Crippen LogP contribution in [0.3, 0.4) is 0 Å². The number of halogens is 3. The van der Waals surface area contributed by atoms with Crippen LogP contribution in [0.4, 0.5) is 13.2 Å². The number of carbonyl (C=O) groups is 1. The first-order valence-corrected chi connectivity index (χ1v) is 4.85. The van der Waals surface area contributed by atoms with Crippen LogP contribution in [0, 0.1) is 11.3 Å². The van der Waals surface area contributed by atoms with Crippen LogP contribution in [0.5, 0.6) is 5.75 Å². The van der Waals surface area contributed by atoms with Crippen LogP contribution in [0.25, 0.3) is 0 Å². The van der Waals surface area contributed by atoms with Gasteiger partial charge in [-0.05, 0) is 12.1 Å². The van der Waals surface area contributed by atoms with E-state index < -0.39 is 23.6 Å². The molecule has 0 N–H and O–H groups in total. The Bertz CT molecular complexity index is 522. The maximum Gasteiger partial charge on any atom is 0.573 e. The van der Waals surface area contributed by atoms with E-state index in [0.29, 0.717) is 0 Å². The van der Waals surface area contributed by atoms with E-state index in [1.54, 1.807) is 0 Å². The standard InChI is InChI=1S/C10H6F3NO3S/c1-16-9(15)5-2-3-7(18)8(6(5)4-14)17-10(11,12)13/h2-3,18H,1H3. The second-order valence-corrected chi connectivity index (χ2v) is 3.47. The Hall–Kier alpha value is -1.88. The number of hydrogen-bond acceptors (Lipinski definition) is 5. The summed E-state index contributed by atoms with van der Waals surface area (Å²) in [7, 11) is 1.04. The molecule has 0 atom stereocenters. The minimum atomic E-state index is -4.99. The van der Waals surface area contributed by atoms with Gasteiger partial charge in [0, 0.05) is 4.90 Å². The van der Waals surface area contributed by atoms with E-state index in [9.17, 15) is 18.0 Å². The fourth-order valence-corrected chi connectivity index (χ4v) is 1.41. The average molecular weight is 277 g/mol. The topological polar surface area (TPSA) is 59.3 Å². The largest absolute Gasteiger partial charge is 0.573 e. The van der Waals surface area contributed by atoms with E-state index in [4.69, 9.17) is 5.26 Å². The lowest BCUT2D eigenvalue weighted by Crippen LogP contribution is -2.19. The van der Waals surface area contributed by atoms with Crippen molar-refractivity contribution in [1.82, 2.24) is 0 Å². The molecule has 0 saturated carbocycles. The molecule has 0 bridgehead atoms. The van der Waals surface area contributed by atoms with Gasteiger partial charge in [0.15, 0.2) is 5.75 Å². The van der Waals surface area contributed by atoms with Crippen LogP contribution in [0.2, 0.25) is 0 Å². The van der Waals surface area contributed by atoms with Gasteiger partial charge in [0.25, 0.3) is 0 Å². The monoisotopic (exact) mass is 277 g/mol. The third kappa shape index (κ3) is 3.07. The van der Waals surface area contributed by atoms with Gasteiger partial charge in [-0.2, -0.15) is 5.26 Å². The molecule has 0 amide bonds. The summed E-state index contributed by atoms with van der Waals surface area (Å²) in [6, 6.07) is 3.71. The first-order chi connectivity index (χ1) is 8.30. The zero-order valence-electron chi connectivity index (χ0n) is 8.91. The van der Waals surface area contributed by atoms with Crippen molar-refractivity contribution < 1.29 is 27.4 Å². The van der Waals surface area contributed by atoms with Crippen molar-refractivity contribution in [2.24, 2.45) is 0 Å². The molecule has 0 unspecified atom stereocenters. The van der Waals surface area contributed by atoms with Crippen LogP contribution in [-0.4, -0.2) is 19.4 Å². The van der Waals surface area contributed by atoms with Crippen LogP contribution >= 0.6 is 12.6 Å². The van der Waals surface area contributed by atoms with Crippen LogP contribution in [-0.2, 0) is 4.74 Å². The number of benzene rings is 1. The summed E-state index contributed by atoms with van der Waals surface area (Å²) in [5.41, 5.74) is -0.899. The van der Waals surface area contributed by atoms with Crippen molar-refractivity contribution >= 4 is 18.6 Å². The van der Waals surface area contributed by atoms with E-state index in [-0.39, 0.29) is 10.5 Å². The van der Waals surface area contributed by atoms with Crippen LogP contribution in [0.1, 0.15) is 15.9 Å². The summed E-state index contributed by atoms with van der Waals surface area (Å²) >= 11 is 3.75. The van der Waals surface area contributed by atoms with Gasteiger partial charge in [-0.3, -0.25) is 0 Å². The zero-order chi connectivity index (χ0) is 13.9. The lowest BCUT2D eigenvalue weighted by Gasteiger charge is -2.13. The molecule has 0 aromatic heterocycles. The molecule has 1 aromatic rings. The molecule has 0 spiro atoms. The second kappa shape index (κ2) is 5.18. The molecule has 8 heteroatoms. The summed E-state index contributed by atoms with van der Waals surface area (Å²) in [5, 5.41) is 8.83. The highest BCUT2D eigenvalue weighted by Gasteiger charge is 2.34. The van der Waals surface area contributed by atoms with Gasteiger partial charge < -0.3 is 9.47 Å². The summed E-state index contributed by atoms with van der Waals surface area (Å²) < 4.78 is 44.5. The normalized spacial score (nSPS) is 10.7. The Kier molecular flexibility index (Phi) is 4.08. The SMILES string of the molecule is COC(=O)c1ccc(S)c(OC(F)(F)F)c1C#N. The number of nitriles is 1. The molecule has 96 valence electrons. The molecular formula is C10H6F3NO3S. The summed E-state index contributed by atoms with van der Waals surface area (Å²) in [5.74, 6) is -1.76. The van der Waals surface area contributed by atoms with Crippen molar-refractivity contribution in [3.8, 4) is 11.8 Å². The smallest absolute Gasteiger partial charge is 0.465 e. The Morgan fingerprint density at radius 2 is 2.06 bits per heavy atom. The molecule has 18 heavy (non-hydrogen) atoms. The zero-order valence-corrected chi connectivity index (χ0v) is 9.80. The summed E-state index contributed by atoms with van der Waals surface area (Å²) in [6.45, 7) is 0. The predicted molar refractivity (Wildman–Crippen MR) is 56.4 cm³/mol. The molecule has 0 saturated heterocycles. The fourth-order valence-electron chi connectivity index (χ4n) is 1.18. The predicted octanol–water partition coefficient (Wildman–Crippen LogP) is 2.53. The molecule has 1 rings (SSSR count). The maximum atomic E-state index is 12.2. The number of nitrogens with zero attached hydrogens (tertiary/aromatic N) is 1. The van der Waals surface area contributed by atoms with Crippen molar-refractivity contribution in [3.05, 3.63) is 23.3 Å². The summed E-state index contributed by atoms with van der Waals surface area (Å²) in [6.07, 6.45) is -4.99. The molecule has 0 heterocycles. The molecule has 4 nitrogen and oxygen atoms in total. The highest BCUT2D eigenvalue weighted by atomic mass is 32.1. The number of carbonyl (C=O) groups excluding carboxylic acids is 1. The van der Waals surface area contributed by atoms with Gasteiger partial charge in [-0.15, -0.1) is 25.8 Å². The van der Waals surface area contributed by atoms with Gasteiger partial charge >= 0.3 is 12.3 Å². The minimum absolute atomic E-state index is 0.212. The quantitative estimate of drug-likeness (QED) is 0.666. The van der Waals surface area contributed by atoms with Gasteiger partial charge in [0.2, 0.25) is 0 Å². The third-order valence-corrected chi connectivity index (χ3v) is 2.22. The van der Waals surface area contributed by atoms with E-state index >= 15 is 0 Å². The minimum Gasteiger partial charge on any atom is -0.465 e. The van der Waals surface area contributed by atoms with Gasteiger partial charge in [-0.25, -0.2) is 4.79 Å². The van der Waals surface area contributed by atoms with Crippen molar-refractivity contribution in [3.63, 3.8) is 0 Å². The van der Waals surface area contributed by atoms with E-state index in [1.807, 2.05) is 0 Å². The number of methoxy groups -OCH3 is 1. The molecular weight excluding hydrogens is 271 g/mol. The fraction of sp³-hybridized carbons (Fsp3) is 0.200. The molecule has 0 aliphatic rings. The third-order valence-electron chi connectivity index (χ3n) is 1.87. The first kappa shape index (κ1) is 14.2. The Morgan fingerprint density at radius 1 is 1.44 bits per heavy atom. The summed E-state index contributed by atoms with van der Waals surface area (Å²) in [4.78, 5) is 11.1. The molecule has 0 fully saturated rings. The van der Waals surface area contributed by atoms with Gasteiger partial charge in [0.05, 0.1) is 12.7 Å². The molecule has 0 aliphatic heterocycles.